The van der Waals surface area contributed by atoms with E-state index in [-0.39, 0.29) is 5.75 Å². The van der Waals surface area contributed by atoms with Gasteiger partial charge >= 0.3 is 0 Å². The zero-order chi connectivity index (χ0) is 26.1. The van der Waals surface area contributed by atoms with Crippen LogP contribution in [0.25, 0.3) is 34.2 Å². The number of rotatable bonds is 4. The van der Waals surface area contributed by atoms with E-state index in [2.05, 4.69) is 26.0 Å². The van der Waals surface area contributed by atoms with E-state index in [0.29, 0.717) is 28.8 Å². The van der Waals surface area contributed by atoms with Crippen LogP contribution in [0.2, 0.25) is 0 Å². The Labute approximate surface area is 209 Å². The van der Waals surface area contributed by atoms with E-state index in [1.807, 2.05) is 65.8 Å². The molecule has 0 spiro atoms. The predicted octanol–water partition coefficient (Wildman–Crippen LogP) is 7.87. The lowest BCUT2D eigenvalue weighted by Gasteiger charge is -2.13. The Morgan fingerprint density at radius 2 is 0.971 bits per heavy atom. The average Bonchev–Trinajstić information content (AvgIpc) is 2.86. The van der Waals surface area contributed by atoms with Gasteiger partial charge in [0.15, 0.2) is 17.5 Å². The highest BCUT2D eigenvalue weighted by molar-refractivity contribution is 5.72. The Hall–Kier alpha value is -3.73. The molecule has 1 N–H and O–H groups in total. The van der Waals surface area contributed by atoms with Crippen molar-refractivity contribution in [2.24, 2.45) is 0 Å². The van der Waals surface area contributed by atoms with E-state index in [0.717, 1.165) is 22.3 Å². The lowest BCUT2D eigenvalue weighted by molar-refractivity contribution is 0.408. The first-order chi connectivity index (χ1) is 16.9. The molecule has 0 aliphatic carbocycles. The molecule has 0 unspecified atom stereocenters. The summed E-state index contributed by atoms with van der Waals surface area (Å²) in [6, 6.07) is 17.5. The molecule has 0 saturated carbocycles. The second-order valence-electron chi connectivity index (χ2n) is 7.83. The third-order valence-electron chi connectivity index (χ3n) is 5.33. The molecule has 0 bridgehead atoms. The summed E-state index contributed by atoms with van der Waals surface area (Å²) in [6.45, 7) is 16.2. The predicted molar refractivity (Wildman–Crippen MR) is 146 cm³/mol. The second-order valence-corrected chi connectivity index (χ2v) is 7.83. The van der Waals surface area contributed by atoms with Crippen molar-refractivity contribution in [2.45, 2.75) is 55.4 Å². The van der Waals surface area contributed by atoms with Gasteiger partial charge < -0.3 is 9.84 Å². The molecule has 0 aliphatic rings. The summed E-state index contributed by atoms with van der Waals surface area (Å²) in [7, 11) is 1.56. The number of aromatic hydroxyl groups is 1. The molecule has 5 nitrogen and oxygen atoms in total. The van der Waals surface area contributed by atoms with Crippen molar-refractivity contribution in [1.82, 2.24) is 15.0 Å². The summed E-state index contributed by atoms with van der Waals surface area (Å²) in [5.74, 6) is 2.20. The smallest absolute Gasteiger partial charge is 0.167 e. The van der Waals surface area contributed by atoms with E-state index >= 15 is 0 Å². The number of hydrogen-bond donors (Lipinski definition) is 1. The molecule has 1 aromatic heterocycles. The van der Waals surface area contributed by atoms with Crippen LogP contribution in [0.15, 0.2) is 54.6 Å². The Morgan fingerprint density at radius 3 is 1.34 bits per heavy atom. The largest absolute Gasteiger partial charge is 0.507 e. The zero-order valence-corrected chi connectivity index (χ0v) is 22.4. The molecule has 0 saturated heterocycles. The summed E-state index contributed by atoms with van der Waals surface area (Å²) < 4.78 is 5.21. The third-order valence-corrected chi connectivity index (χ3v) is 5.33. The van der Waals surface area contributed by atoms with Gasteiger partial charge in [-0.05, 0) is 51.0 Å². The molecule has 35 heavy (non-hydrogen) atoms. The van der Waals surface area contributed by atoms with Crippen LogP contribution < -0.4 is 4.74 Å². The number of methoxy groups -OCH3 is 1. The number of aromatic nitrogens is 3. The van der Waals surface area contributed by atoms with Gasteiger partial charge in [0.1, 0.15) is 11.5 Å². The van der Waals surface area contributed by atoms with Gasteiger partial charge in [-0.3, -0.25) is 0 Å². The first kappa shape index (κ1) is 27.5. The van der Waals surface area contributed by atoms with Gasteiger partial charge in [-0.2, -0.15) is 0 Å². The number of aryl methyl sites for hydroxylation is 4. The Bertz CT molecular complexity index is 1210. The SMILES string of the molecule is CC.CC.COc1ccc(-c2nc(-c3ccc(C)cc3C)nc(-c3ccc(C)cc3C)n2)c(O)c1. The van der Waals surface area contributed by atoms with Crippen molar-refractivity contribution < 1.29 is 9.84 Å². The maximum Gasteiger partial charge on any atom is 0.167 e. The van der Waals surface area contributed by atoms with E-state index in [1.165, 1.54) is 11.1 Å². The number of nitrogens with zero attached hydrogens (tertiary/aromatic N) is 3. The highest BCUT2D eigenvalue weighted by Gasteiger charge is 2.17. The molecular weight excluding hydrogens is 434 g/mol. The minimum absolute atomic E-state index is 0.0590. The number of phenolic OH excluding ortho intramolecular Hbond substituents is 1. The molecule has 3 aromatic carbocycles. The quantitative estimate of drug-likeness (QED) is 0.328. The Morgan fingerprint density at radius 1 is 0.571 bits per heavy atom. The maximum atomic E-state index is 10.6. The molecule has 0 radical (unpaired) electrons. The highest BCUT2D eigenvalue weighted by Crippen LogP contribution is 2.33. The third kappa shape index (κ3) is 6.44. The van der Waals surface area contributed by atoms with Gasteiger partial charge in [-0.15, -0.1) is 0 Å². The monoisotopic (exact) mass is 471 g/mol. The minimum Gasteiger partial charge on any atom is -0.507 e. The zero-order valence-electron chi connectivity index (χ0n) is 22.4. The van der Waals surface area contributed by atoms with Crippen LogP contribution in [0.5, 0.6) is 11.5 Å². The van der Waals surface area contributed by atoms with Crippen LogP contribution in [0, 0.1) is 27.7 Å². The molecule has 0 aliphatic heterocycles. The minimum atomic E-state index is 0.0590. The van der Waals surface area contributed by atoms with Gasteiger partial charge in [-0.25, -0.2) is 15.0 Å². The van der Waals surface area contributed by atoms with Crippen molar-refractivity contribution >= 4 is 0 Å². The first-order valence-corrected chi connectivity index (χ1v) is 12.1. The fourth-order valence-corrected chi connectivity index (χ4v) is 3.69. The number of hydrogen-bond acceptors (Lipinski definition) is 5. The Balaban J connectivity index is 0.00000103. The summed E-state index contributed by atoms with van der Waals surface area (Å²) in [6.07, 6.45) is 0. The number of ether oxygens (including phenoxy) is 1. The van der Waals surface area contributed by atoms with Crippen LogP contribution in [-0.2, 0) is 0 Å². The van der Waals surface area contributed by atoms with Gasteiger partial charge in [0.2, 0.25) is 0 Å². The van der Waals surface area contributed by atoms with Gasteiger partial charge in [0.25, 0.3) is 0 Å². The van der Waals surface area contributed by atoms with Crippen molar-refractivity contribution in [2.75, 3.05) is 7.11 Å². The summed E-state index contributed by atoms with van der Waals surface area (Å²) in [5.41, 5.74) is 6.93. The fraction of sp³-hybridized carbons (Fsp3) is 0.300. The highest BCUT2D eigenvalue weighted by atomic mass is 16.5. The summed E-state index contributed by atoms with van der Waals surface area (Å²) in [4.78, 5) is 14.3. The lowest BCUT2D eigenvalue weighted by Crippen LogP contribution is -2.02. The van der Waals surface area contributed by atoms with Gasteiger partial charge in [0.05, 0.1) is 12.7 Å². The molecule has 0 fully saturated rings. The van der Waals surface area contributed by atoms with E-state index in [9.17, 15) is 5.11 Å². The molecule has 4 aromatic rings. The molecule has 5 heteroatoms. The average molecular weight is 472 g/mol. The van der Waals surface area contributed by atoms with Crippen LogP contribution in [0.4, 0.5) is 0 Å². The second kappa shape index (κ2) is 12.7. The van der Waals surface area contributed by atoms with Gasteiger partial charge in [0, 0.05) is 17.2 Å². The fourth-order valence-electron chi connectivity index (χ4n) is 3.69. The number of benzene rings is 3. The van der Waals surface area contributed by atoms with E-state index < -0.39 is 0 Å². The van der Waals surface area contributed by atoms with Crippen LogP contribution in [-0.4, -0.2) is 27.2 Å². The van der Waals surface area contributed by atoms with Crippen molar-refractivity contribution in [3.05, 3.63) is 76.9 Å². The molecule has 184 valence electrons. The van der Waals surface area contributed by atoms with Crippen molar-refractivity contribution in [3.63, 3.8) is 0 Å². The maximum absolute atomic E-state index is 10.6. The van der Waals surface area contributed by atoms with Crippen molar-refractivity contribution in [3.8, 4) is 45.7 Å². The normalized spacial score (nSPS) is 9.97. The van der Waals surface area contributed by atoms with Gasteiger partial charge in [-0.1, -0.05) is 75.2 Å². The molecule has 0 atom stereocenters. The van der Waals surface area contributed by atoms with E-state index in [4.69, 9.17) is 19.7 Å². The van der Waals surface area contributed by atoms with Crippen LogP contribution in [0.1, 0.15) is 49.9 Å². The first-order valence-electron chi connectivity index (χ1n) is 12.1. The molecule has 4 rings (SSSR count). The Kier molecular flexibility index (Phi) is 9.95. The number of phenols is 1. The topological polar surface area (TPSA) is 68.1 Å². The lowest BCUT2D eigenvalue weighted by atomic mass is 10.0. The molecular formula is C30H37N3O2. The summed E-state index contributed by atoms with van der Waals surface area (Å²) in [5, 5.41) is 10.6. The van der Waals surface area contributed by atoms with Crippen LogP contribution in [0.3, 0.4) is 0 Å². The van der Waals surface area contributed by atoms with Crippen molar-refractivity contribution in [1.29, 1.82) is 0 Å². The van der Waals surface area contributed by atoms with E-state index in [1.54, 1.807) is 25.3 Å². The van der Waals surface area contributed by atoms with Crippen LogP contribution >= 0.6 is 0 Å². The standard InChI is InChI=1S/C26H25N3O2.2C2H6/c1-15-6-9-20(17(3)12-15)24-27-25(21-10-7-16(2)13-18(21)4)29-26(28-24)22-11-8-19(31-5)14-23(22)30;2*1-2/h6-14,30H,1-5H3;2*1-2H3. The molecule has 0 amide bonds. The summed E-state index contributed by atoms with van der Waals surface area (Å²) >= 11 is 0. The molecule has 1 heterocycles.